The Morgan fingerprint density at radius 1 is 0.507 bits per heavy atom. The highest BCUT2D eigenvalue weighted by Crippen LogP contribution is 2.38. The molecule has 8 nitrogen and oxygen atoms in total. The van der Waals surface area contributed by atoms with Crippen LogP contribution in [0.5, 0.6) is 0 Å². The van der Waals surface area contributed by atoms with Gasteiger partial charge in [0.2, 0.25) is 5.91 Å². The molecule has 0 aliphatic rings. The van der Waals surface area contributed by atoms with Crippen molar-refractivity contribution in [3.05, 3.63) is 60.8 Å². The SMILES string of the molecule is CC/C=C\C/C=C\C/C=C\C/C=C\C/C=C\CCCCCCCCCCCCCCCCCC(=O)NC(COP(=O)([O-])OCC[N+](C)(C)C)C(O)CCCCCCCCCCCCCCCCCCCC. The number of carbonyl (C=O) groups is 1. The van der Waals surface area contributed by atoms with Crippen LogP contribution in [0.25, 0.3) is 0 Å². The van der Waals surface area contributed by atoms with Gasteiger partial charge in [-0.25, -0.2) is 0 Å². The predicted octanol–water partition coefficient (Wildman–Crippen LogP) is 17.9. The minimum atomic E-state index is -4.58. The average Bonchev–Trinajstić information content (AvgIpc) is 3.33. The van der Waals surface area contributed by atoms with E-state index in [1.807, 2.05) is 21.1 Å². The molecule has 0 aromatic rings. The topological polar surface area (TPSA) is 108 Å². The maximum Gasteiger partial charge on any atom is 0.268 e. The maximum atomic E-state index is 13.0. The summed E-state index contributed by atoms with van der Waals surface area (Å²) in [6.45, 7) is 4.64. The highest BCUT2D eigenvalue weighted by atomic mass is 31.2. The van der Waals surface area contributed by atoms with Crippen molar-refractivity contribution in [1.82, 2.24) is 5.32 Å². The van der Waals surface area contributed by atoms with Crippen LogP contribution in [0, 0.1) is 0 Å². The molecule has 0 spiro atoms. The van der Waals surface area contributed by atoms with E-state index in [-0.39, 0.29) is 19.1 Å². The number of unbranched alkanes of at least 4 members (excludes halogenated alkanes) is 32. The third kappa shape index (κ3) is 55.8. The summed E-state index contributed by atoms with van der Waals surface area (Å²) in [5, 5.41) is 14.0. The molecule has 0 rings (SSSR count). The van der Waals surface area contributed by atoms with Gasteiger partial charge in [0.25, 0.3) is 7.82 Å². The average molecular weight is 1020 g/mol. The quantitative estimate of drug-likeness (QED) is 0.0272. The van der Waals surface area contributed by atoms with E-state index in [2.05, 4.69) is 79.9 Å². The van der Waals surface area contributed by atoms with E-state index >= 15 is 0 Å². The van der Waals surface area contributed by atoms with Crippen LogP contribution in [0.3, 0.4) is 0 Å². The first-order valence-electron chi connectivity index (χ1n) is 30.1. The number of amides is 1. The zero-order chi connectivity index (χ0) is 52.0. The number of rotatable bonds is 55. The van der Waals surface area contributed by atoms with E-state index in [4.69, 9.17) is 9.05 Å². The van der Waals surface area contributed by atoms with Crippen molar-refractivity contribution >= 4 is 13.7 Å². The van der Waals surface area contributed by atoms with E-state index in [0.29, 0.717) is 23.9 Å². The zero-order valence-electron chi connectivity index (χ0n) is 47.4. The van der Waals surface area contributed by atoms with Crippen molar-refractivity contribution in [1.29, 1.82) is 0 Å². The molecule has 0 radical (unpaired) electrons. The first-order valence-corrected chi connectivity index (χ1v) is 31.6. The van der Waals surface area contributed by atoms with Crippen LogP contribution in [0.1, 0.15) is 277 Å². The van der Waals surface area contributed by atoms with Gasteiger partial charge in [0.15, 0.2) is 0 Å². The Balaban J connectivity index is 4.08. The number of phosphoric acid groups is 1. The van der Waals surface area contributed by atoms with E-state index in [9.17, 15) is 19.4 Å². The lowest BCUT2D eigenvalue weighted by atomic mass is 10.0. The molecule has 71 heavy (non-hydrogen) atoms. The Kier molecular flexibility index (Phi) is 51.7. The summed E-state index contributed by atoms with van der Waals surface area (Å²) in [6, 6.07) is -0.803. The Bertz CT molecular complexity index is 1340. The second kappa shape index (κ2) is 53.0. The van der Waals surface area contributed by atoms with Crippen molar-refractivity contribution in [2.75, 3.05) is 40.9 Å². The summed E-state index contributed by atoms with van der Waals surface area (Å²) >= 11 is 0. The van der Waals surface area contributed by atoms with Crippen molar-refractivity contribution < 1.29 is 32.9 Å². The molecule has 0 aromatic carbocycles. The number of hydrogen-bond acceptors (Lipinski definition) is 6. The molecule has 0 bridgehead atoms. The number of nitrogens with zero attached hydrogens (tertiary/aromatic N) is 1. The largest absolute Gasteiger partial charge is 0.756 e. The highest BCUT2D eigenvalue weighted by Gasteiger charge is 2.24. The van der Waals surface area contributed by atoms with Crippen molar-refractivity contribution in [3.63, 3.8) is 0 Å². The molecule has 3 atom stereocenters. The van der Waals surface area contributed by atoms with Gasteiger partial charge < -0.3 is 28.8 Å². The number of hydrogen-bond donors (Lipinski definition) is 2. The summed E-state index contributed by atoms with van der Waals surface area (Å²) in [5.74, 6) is -0.163. The van der Waals surface area contributed by atoms with Crippen molar-refractivity contribution in [2.45, 2.75) is 289 Å². The smallest absolute Gasteiger partial charge is 0.268 e. The summed E-state index contributed by atoms with van der Waals surface area (Å²) in [7, 11) is 1.31. The Hall–Kier alpha value is -1.80. The lowest BCUT2D eigenvalue weighted by molar-refractivity contribution is -0.870. The molecule has 0 saturated heterocycles. The number of allylic oxidation sites excluding steroid dienone is 10. The molecule has 416 valence electrons. The number of nitrogens with one attached hydrogen (secondary N) is 1. The fourth-order valence-corrected chi connectivity index (χ4v) is 9.56. The molecular weight excluding hydrogens is 900 g/mol. The van der Waals surface area contributed by atoms with Crippen LogP contribution in [0.15, 0.2) is 60.8 Å². The van der Waals surface area contributed by atoms with Crippen molar-refractivity contribution in [3.8, 4) is 0 Å². The molecule has 1 amide bonds. The molecule has 3 unspecified atom stereocenters. The first-order chi connectivity index (χ1) is 34.5. The minimum Gasteiger partial charge on any atom is -0.756 e. The Labute approximate surface area is 441 Å². The summed E-state index contributed by atoms with van der Waals surface area (Å²) < 4.78 is 23.4. The van der Waals surface area contributed by atoms with Gasteiger partial charge in [-0.1, -0.05) is 274 Å². The standard InChI is InChI=1S/C62H117N2O6P/c1-6-8-10-12-14-16-18-20-22-24-26-27-28-29-30-31-32-33-34-35-36-37-38-40-42-44-46-48-50-52-54-56-62(66)63-60(59-70-71(67,68)69-58-57-64(3,4)5)61(65)55-53-51-49-47-45-43-41-39-25-23-21-19-17-15-13-11-9-7-2/h8,10,14,16,20,22,26-27,29-30,60-61,65H,6-7,9,11-13,15,17-19,21,23-25,28,31-59H2,1-5H3,(H-,63,66,67,68)/b10-8-,16-14-,22-20-,27-26-,30-29-. The molecular formula is C62H117N2O6P. The van der Waals surface area contributed by atoms with Gasteiger partial charge in [-0.3, -0.25) is 9.36 Å². The normalized spacial score (nSPS) is 14.3. The minimum absolute atomic E-state index is 0.0117. The summed E-state index contributed by atoms with van der Waals surface area (Å²) in [6.07, 6.45) is 71.1. The van der Waals surface area contributed by atoms with Crippen molar-refractivity contribution in [2.24, 2.45) is 0 Å². The lowest BCUT2D eigenvalue weighted by Crippen LogP contribution is -2.46. The number of likely N-dealkylation sites (N-methyl/N-ethyl adjacent to an activating group) is 1. The van der Waals surface area contributed by atoms with Gasteiger partial charge in [-0.2, -0.15) is 0 Å². The van der Waals surface area contributed by atoms with E-state index in [0.717, 1.165) is 70.6 Å². The monoisotopic (exact) mass is 1020 g/mol. The van der Waals surface area contributed by atoms with Gasteiger partial charge in [0.1, 0.15) is 13.2 Å². The molecule has 9 heteroatoms. The van der Waals surface area contributed by atoms with Crippen LogP contribution < -0.4 is 10.2 Å². The number of aliphatic hydroxyl groups excluding tert-OH is 1. The Morgan fingerprint density at radius 2 is 0.859 bits per heavy atom. The molecule has 2 N–H and O–H groups in total. The highest BCUT2D eigenvalue weighted by molar-refractivity contribution is 7.45. The third-order valence-electron chi connectivity index (χ3n) is 13.5. The van der Waals surface area contributed by atoms with E-state index in [1.54, 1.807) is 0 Å². The maximum absolute atomic E-state index is 13.0. The van der Waals surface area contributed by atoms with Crippen LogP contribution >= 0.6 is 7.82 Å². The molecule has 0 heterocycles. The van der Waals surface area contributed by atoms with Crippen LogP contribution in [-0.4, -0.2) is 68.5 Å². The van der Waals surface area contributed by atoms with Gasteiger partial charge >= 0.3 is 0 Å². The van der Waals surface area contributed by atoms with Crippen LogP contribution in [0.4, 0.5) is 0 Å². The lowest BCUT2D eigenvalue weighted by Gasteiger charge is -2.30. The Morgan fingerprint density at radius 3 is 1.25 bits per heavy atom. The van der Waals surface area contributed by atoms with Gasteiger partial charge in [0.05, 0.1) is 39.9 Å². The van der Waals surface area contributed by atoms with Gasteiger partial charge in [0, 0.05) is 6.42 Å². The number of aliphatic hydroxyl groups is 1. The molecule has 0 saturated carbocycles. The summed E-state index contributed by atoms with van der Waals surface area (Å²) in [5.41, 5.74) is 0. The fourth-order valence-electron chi connectivity index (χ4n) is 8.83. The van der Waals surface area contributed by atoms with Gasteiger partial charge in [-0.15, -0.1) is 0 Å². The molecule has 0 aromatic heterocycles. The second-order valence-electron chi connectivity index (χ2n) is 21.7. The van der Waals surface area contributed by atoms with Crippen LogP contribution in [-0.2, 0) is 18.4 Å². The van der Waals surface area contributed by atoms with Crippen LogP contribution in [0.2, 0.25) is 0 Å². The third-order valence-corrected chi connectivity index (χ3v) is 14.5. The fraction of sp³-hybridized carbons (Fsp3) is 0.823. The molecule has 0 aliphatic carbocycles. The summed E-state index contributed by atoms with van der Waals surface area (Å²) in [4.78, 5) is 25.6. The second-order valence-corrected chi connectivity index (χ2v) is 23.1. The van der Waals surface area contributed by atoms with E-state index in [1.165, 1.54) is 180 Å². The first kappa shape index (κ1) is 69.2. The molecule has 0 aliphatic heterocycles. The van der Waals surface area contributed by atoms with Gasteiger partial charge in [-0.05, 0) is 57.8 Å². The number of carbonyl (C=O) groups excluding carboxylic acids is 1. The predicted molar refractivity (Wildman–Crippen MR) is 307 cm³/mol. The van der Waals surface area contributed by atoms with E-state index < -0.39 is 20.0 Å². The number of quaternary nitrogens is 1. The molecule has 0 fully saturated rings. The zero-order valence-corrected chi connectivity index (χ0v) is 48.3. The number of phosphoric ester groups is 1.